The fourth-order valence-corrected chi connectivity index (χ4v) is 4.64. The molecule has 0 bridgehead atoms. The SMILES string of the molecule is CC(C)CCC1(C)NC(=O)N(CC(=O)NC2CCS(=O)(=O)C2)C1=O. The van der Waals surface area contributed by atoms with Gasteiger partial charge in [0.15, 0.2) is 9.84 Å². The Kier molecular flexibility index (Phi) is 5.22. The smallest absolute Gasteiger partial charge is 0.325 e. The van der Waals surface area contributed by atoms with Gasteiger partial charge in [0.05, 0.1) is 11.5 Å². The van der Waals surface area contributed by atoms with Crippen LogP contribution in [0.3, 0.4) is 0 Å². The van der Waals surface area contributed by atoms with Crippen molar-refractivity contribution in [3.05, 3.63) is 0 Å². The maximum absolute atomic E-state index is 12.5. The molecule has 0 aromatic rings. The number of amides is 4. The Hall–Kier alpha value is -1.64. The van der Waals surface area contributed by atoms with Crippen molar-refractivity contribution >= 4 is 27.7 Å². The molecule has 0 aliphatic carbocycles. The summed E-state index contributed by atoms with van der Waals surface area (Å²) >= 11 is 0. The van der Waals surface area contributed by atoms with Crippen LogP contribution >= 0.6 is 0 Å². The van der Waals surface area contributed by atoms with E-state index in [0.29, 0.717) is 18.8 Å². The molecule has 24 heavy (non-hydrogen) atoms. The third-order valence-electron chi connectivity index (χ3n) is 4.47. The van der Waals surface area contributed by atoms with E-state index in [1.807, 2.05) is 13.8 Å². The van der Waals surface area contributed by atoms with Crippen molar-refractivity contribution in [1.29, 1.82) is 0 Å². The van der Waals surface area contributed by atoms with Crippen LogP contribution in [0.15, 0.2) is 0 Å². The monoisotopic (exact) mass is 359 g/mol. The van der Waals surface area contributed by atoms with Crippen LogP contribution in [0, 0.1) is 5.92 Å². The minimum atomic E-state index is -3.10. The molecule has 0 spiro atoms. The van der Waals surface area contributed by atoms with Crippen molar-refractivity contribution in [2.75, 3.05) is 18.1 Å². The van der Waals surface area contributed by atoms with Gasteiger partial charge in [-0.15, -0.1) is 0 Å². The highest BCUT2D eigenvalue weighted by molar-refractivity contribution is 7.91. The van der Waals surface area contributed by atoms with Gasteiger partial charge in [0, 0.05) is 6.04 Å². The highest BCUT2D eigenvalue weighted by Gasteiger charge is 2.48. The van der Waals surface area contributed by atoms with Crippen molar-refractivity contribution in [2.45, 2.75) is 51.6 Å². The Morgan fingerprint density at radius 1 is 1.42 bits per heavy atom. The number of sulfone groups is 1. The van der Waals surface area contributed by atoms with Crippen molar-refractivity contribution in [3.8, 4) is 0 Å². The normalized spacial score (nSPS) is 29.2. The lowest BCUT2D eigenvalue weighted by atomic mass is 9.92. The molecular weight excluding hydrogens is 334 g/mol. The average molecular weight is 359 g/mol. The number of hydrogen-bond donors (Lipinski definition) is 2. The van der Waals surface area contributed by atoms with Gasteiger partial charge >= 0.3 is 6.03 Å². The first kappa shape index (κ1) is 18.7. The van der Waals surface area contributed by atoms with E-state index in [1.165, 1.54) is 0 Å². The van der Waals surface area contributed by atoms with E-state index in [-0.39, 0.29) is 11.5 Å². The number of nitrogens with zero attached hydrogens (tertiary/aromatic N) is 1. The third-order valence-corrected chi connectivity index (χ3v) is 6.23. The first-order valence-corrected chi connectivity index (χ1v) is 9.98. The lowest BCUT2D eigenvalue weighted by Crippen LogP contribution is -2.46. The lowest BCUT2D eigenvalue weighted by molar-refractivity contribution is -0.135. The van der Waals surface area contributed by atoms with Crippen molar-refractivity contribution < 1.29 is 22.8 Å². The van der Waals surface area contributed by atoms with E-state index in [2.05, 4.69) is 10.6 Å². The van der Waals surface area contributed by atoms with Gasteiger partial charge in [-0.05, 0) is 32.1 Å². The average Bonchev–Trinajstić information content (AvgIpc) is 2.89. The molecule has 0 radical (unpaired) electrons. The molecule has 0 aromatic heterocycles. The van der Waals surface area contributed by atoms with Crippen LogP contribution in [0.4, 0.5) is 4.79 Å². The van der Waals surface area contributed by atoms with E-state index in [0.717, 1.165) is 11.3 Å². The highest BCUT2D eigenvalue weighted by Crippen LogP contribution is 2.24. The lowest BCUT2D eigenvalue weighted by Gasteiger charge is -2.22. The van der Waals surface area contributed by atoms with Crippen molar-refractivity contribution in [3.63, 3.8) is 0 Å². The first-order chi connectivity index (χ1) is 11.0. The molecule has 2 N–H and O–H groups in total. The summed E-state index contributed by atoms with van der Waals surface area (Å²) in [6.45, 7) is 5.34. The fourth-order valence-electron chi connectivity index (χ4n) is 2.96. The van der Waals surface area contributed by atoms with Gasteiger partial charge in [-0.2, -0.15) is 0 Å². The second-order valence-corrected chi connectivity index (χ2v) is 9.48. The predicted octanol–water partition coefficient (Wildman–Crippen LogP) is 0.0364. The Morgan fingerprint density at radius 2 is 2.08 bits per heavy atom. The quantitative estimate of drug-likeness (QED) is 0.650. The van der Waals surface area contributed by atoms with E-state index < -0.39 is 45.8 Å². The zero-order valence-electron chi connectivity index (χ0n) is 14.3. The summed E-state index contributed by atoms with van der Waals surface area (Å²) in [6, 6.07) is -1.03. The van der Waals surface area contributed by atoms with Crippen LogP contribution in [0.5, 0.6) is 0 Å². The molecule has 2 aliphatic rings. The maximum Gasteiger partial charge on any atom is 0.325 e. The summed E-state index contributed by atoms with van der Waals surface area (Å²) in [5.41, 5.74) is -0.988. The van der Waals surface area contributed by atoms with Gasteiger partial charge < -0.3 is 10.6 Å². The fraction of sp³-hybridized carbons (Fsp3) is 0.800. The molecule has 0 saturated carbocycles. The molecule has 136 valence electrons. The molecule has 2 atom stereocenters. The van der Waals surface area contributed by atoms with E-state index >= 15 is 0 Å². The zero-order chi connectivity index (χ0) is 18.1. The van der Waals surface area contributed by atoms with Crippen LogP contribution < -0.4 is 10.6 Å². The second kappa shape index (κ2) is 6.70. The second-order valence-electron chi connectivity index (χ2n) is 7.25. The summed E-state index contributed by atoms with van der Waals surface area (Å²) in [5, 5.41) is 5.25. The van der Waals surface area contributed by atoms with Crippen molar-refractivity contribution in [2.24, 2.45) is 5.92 Å². The molecular formula is C15H25N3O5S. The van der Waals surface area contributed by atoms with Gasteiger partial charge in [-0.25, -0.2) is 13.2 Å². The molecule has 2 saturated heterocycles. The number of carbonyl (C=O) groups is 3. The number of carbonyl (C=O) groups excluding carboxylic acids is 3. The highest BCUT2D eigenvalue weighted by atomic mass is 32.2. The van der Waals surface area contributed by atoms with Gasteiger partial charge in [0.2, 0.25) is 5.91 Å². The largest absolute Gasteiger partial charge is 0.351 e. The molecule has 2 heterocycles. The molecule has 2 rings (SSSR count). The minimum absolute atomic E-state index is 0.0500. The third kappa shape index (κ3) is 4.25. The summed E-state index contributed by atoms with van der Waals surface area (Å²) in [5.74, 6) is -0.580. The number of rotatable bonds is 6. The topological polar surface area (TPSA) is 113 Å². The number of imide groups is 1. The van der Waals surface area contributed by atoms with Crippen LogP contribution in [-0.4, -0.2) is 60.8 Å². The molecule has 9 heteroatoms. The molecule has 4 amide bonds. The van der Waals surface area contributed by atoms with E-state index in [1.54, 1.807) is 6.92 Å². The van der Waals surface area contributed by atoms with Gasteiger partial charge in [0.1, 0.15) is 12.1 Å². The summed E-state index contributed by atoms with van der Waals surface area (Å²) in [6.07, 6.45) is 1.65. The van der Waals surface area contributed by atoms with Gasteiger partial charge in [-0.3, -0.25) is 14.5 Å². The molecule has 0 aromatic carbocycles. The van der Waals surface area contributed by atoms with Crippen LogP contribution in [0.1, 0.15) is 40.0 Å². The maximum atomic E-state index is 12.5. The first-order valence-electron chi connectivity index (χ1n) is 8.16. The number of nitrogens with one attached hydrogen (secondary N) is 2. The van der Waals surface area contributed by atoms with Crippen LogP contribution in [-0.2, 0) is 19.4 Å². The molecule has 2 fully saturated rings. The summed E-state index contributed by atoms with van der Waals surface area (Å²) in [4.78, 5) is 37.5. The summed E-state index contributed by atoms with van der Waals surface area (Å²) in [7, 11) is -3.10. The predicted molar refractivity (Wildman–Crippen MR) is 87.9 cm³/mol. The van der Waals surface area contributed by atoms with Crippen LogP contribution in [0.2, 0.25) is 0 Å². The van der Waals surface area contributed by atoms with Crippen LogP contribution in [0.25, 0.3) is 0 Å². The summed E-state index contributed by atoms with van der Waals surface area (Å²) < 4.78 is 22.8. The van der Waals surface area contributed by atoms with Gasteiger partial charge in [0.25, 0.3) is 5.91 Å². The minimum Gasteiger partial charge on any atom is -0.351 e. The number of urea groups is 1. The zero-order valence-corrected chi connectivity index (χ0v) is 15.1. The Balaban J connectivity index is 1.93. The Labute approximate surface area is 142 Å². The van der Waals surface area contributed by atoms with E-state index in [9.17, 15) is 22.8 Å². The molecule has 2 aliphatic heterocycles. The molecule has 2 unspecified atom stereocenters. The van der Waals surface area contributed by atoms with Gasteiger partial charge in [-0.1, -0.05) is 13.8 Å². The van der Waals surface area contributed by atoms with E-state index in [4.69, 9.17) is 0 Å². The number of hydrogen-bond acceptors (Lipinski definition) is 5. The standard InChI is InChI=1S/C15H25N3O5S/c1-10(2)4-6-15(3)13(20)18(14(21)17-15)8-12(19)16-11-5-7-24(22,23)9-11/h10-11H,4-9H2,1-3H3,(H,16,19)(H,17,21). The van der Waals surface area contributed by atoms with Crippen molar-refractivity contribution in [1.82, 2.24) is 15.5 Å². The molecule has 8 nitrogen and oxygen atoms in total. The Morgan fingerprint density at radius 3 is 2.62 bits per heavy atom. The Bertz CT molecular complexity index is 645.